The molecule has 92 heavy (non-hydrogen) atoms. The molecule has 0 spiro atoms. The van der Waals surface area contributed by atoms with Gasteiger partial charge in [-0.3, -0.25) is 48.1 Å². The second-order valence-electron chi connectivity index (χ2n) is 27.6. The van der Waals surface area contributed by atoms with Crippen molar-refractivity contribution in [3.05, 3.63) is 114 Å². The van der Waals surface area contributed by atoms with E-state index in [1.54, 1.807) is 0 Å². The zero-order valence-electron chi connectivity index (χ0n) is 55.6. The van der Waals surface area contributed by atoms with Crippen LogP contribution in [-0.4, -0.2) is 180 Å². The highest BCUT2D eigenvalue weighted by molar-refractivity contribution is 5.94. The van der Waals surface area contributed by atoms with E-state index in [4.69, 9.17) is 4.74 Å². The molecule has 0 unspecified atom stereocenters. The summed E-state index contributed by atoms with van der Waals surface area (Å²) in [5, 5.41) is 46.9. The number of carbonyl (C=O) groups is 3. The molecule has 3 aromatic carbocycles. The van der Waals surface area contributed by atoms with Crippen LogP contribution in [0.2, 0.25) is 0 Å². The van der Waals surface area contributed by atoms with Gasteiger partial charge in [0.25, 0.3) is 0 Å². The van der Waals surface area contributed by atoms with Crippen molar-refractivity contribution in [2.24, 2.45) is 33.0 Å². The van der Waals surface area contributed by atoms with Gasteiger partial charge in [0.15, 0.2) is 17.5 Å². The Bertz CT molecular complexity index is 3650. The number of likely N-dealkylation sites (tertiary alicyclic amines) is 3. The second-order valence-corrected chi connectivity index (χ2v) is 27.6. The molecule has 7 N–H and O–H groups in total. The van der Waals surface area contributed by atoms with E-state index in [-0.39, 0.29) is 49.4 Å². The molecular formula is C71H100N16O5. The molecule has 13 rings (SSSR count). The average molecular weight is 1260 g/mol. The molecule has 6 aliphatic rings. The zero-order valence-corrected chi connectivity index (χ0v) is 55.6. The van der Waals surface area contributed by atoms with Gasteiger partial charge >= 0.3 is 0 Å². The van der Waals surface area contributed by atoms with Crippen molar-refractivity contribution in [1.82, 2.24) is 65.0 Å². The van der Waals surface area contributed by atoms with Crippen molar-refractivity contribution in [3.8, 4) is 0 Å². The number of benzene rings is 3. The van der Waals surface area contributed by atoms with Crippen LogP contribution in [-0.2, 0) is 45.9 Å². The third kappa shape index (κ3) is 16.3. The van der Waals surface area contributed by atoms with Gasteiger partial charge in [0.1, 0.15) is 0 Å². The number of hydrogen-bond donors (Lipinski definition) is 7. The normalized spacial score (nSPS) is 23.2. The van der Waals surface area contributed by atoms with Crippen molar-refractivity contribution >= 4 is 67.9 Å². The molecule has 7 heterocycles. The van der Waals surface area contributed by atoms with Gasteiger partial charge in [-0.15, -0.1) is 6.58 Å². The molecule has 21 heteroatoms. The fraction of sp³-hybridized carbons (Fsp3) is 0.563. The van der Waals surface area contributed by atoms with Crippen molar-refractivity contribution in [2.45, 2.75) is 154 Å². The third-order valence-corrected chi connectivity index (χ3v) is 20.3. The van der Waals surface area contributed by atoms with E-state index in [1.165, 1.54) is 68.1 Å². The lowest BCUT2D eigenvalue weighted by Crippen LogP contribution is -2.63. The Labute approximate surface area is 542 Å². The molecule has 7 aromatic rings. The molecule has 0 radical (unpaired) electrons. The lowest BCUT2D eigenvalue weighted by atomic mass is 9.77. The molecule has 3 saturated heterocycles. The number of ether oxygens (including phenoxy) is 1. The topological polar surface area (TPSA) is 229 Å². The maximum Gasteiger partial charge on any atom is 0.239 e. The Morgan fingerprint density at radius 2 is 0.935 bits per heavy atom. The molecule has 3 aliphatic heterocycles. The van der Waals surface area contributed by atoms with E-state index >= 15 is 0 Å². The first-order valence-electron chi connectivity index (χ1n) is 33.8. The van der Waals surface area contributed by atoms with E-state index in [1.807, 2.05) is 66.5 Å². The summed E-state index contributed by atoms with van der Waals surface area (Å²) in [6.07, 6.45) is 17.3. The Kier molecular flexibility index (Phi) is 21.3. The van der Waals surface area contributed by atoms with Crippen molar-refractivity contribution in [1.29, 1.82) is 0 Å². The van der Waals surface area contributed by atoms with Crippen molar-refractivity contribution in [2.75, 3.05) is 88.1 Å². The van der Waals surface area contributed by atoms with Crippen LogP contribution < -0.4 is 31.9 Å². The average Bonchev–Trinajstić information content (AvgIpc) is 1.38. The first-order valence-corrected chi connectivity index (χ1v) is 33.8. The van der Waals surface area contributed by atoms with Crippen LogP contribution in [0.25, 0.3) is 32.7 Å². The Morgan fingerprint density at radius 3 is 1.30 bits per heavy atom. The van der Waals surface area contributed by atoms with Gasteiger partial charge in [0.05, 0.1) is 66.5 Å². The summed E-state index contributed by atoms with van der Waals surface area (Å²) in [6.45, 7) is 22.1. The number of amides is 3. The summed E-state index contributed by atoms with van der Waals surface area (Å²) in [7, 11) is 5.77. The van der Waals surface area contributed by atoms with Crippen LogP contribution in [0.5, 0.6) is 0 Å². The zero-order chi connectivity index (χ0) is 64.6. The van der Waals surface area contributed by atoms with E-state index in [0.717, 1.165) is 145 Å². The molecule has 494 valence electrons. The number of nitrogens with one attached hydrogen (secondary N) is 6. The summed E-state index contributed by atoms with van der Waals surface area (Å²) >= 11 is 0. The number of hydrogen-bond acceptors (Lipinski definition) is 15. The number of aromatic nitrogens is 7. The minimum atomic E-state index is -0.768. The molecular weight excluding hydrogens is 1160 g/mol. The van der Waals surface area contributed by atoms with Crippen LogP contribution in [0.1, 0.15) is 112 Å². The molecule has 6 fully saturated rings. The molecule has 0 atom stereocenters. The van der Waals surface area contributed by atoms with E-state index < -0.39 is 5.60 Å². The van der Waals surface area contributed by atoms with Crippen LogP contribution in [0.15, 0.2) is 85.6 Å². The molecule has 4 aromatic heterocycles. The molecule has 3 amide bonds. The summed E-state index contributed by atoms with van der Waals surface area (Å²) in [4.78, 5) is 49.1. The van der Waals surface area contributed by atoms with Gasteiger partial charge in [0, 0.05) is 119 Å². The Morgan fingerprint density at radius 1 is 0.554 bits per heavy atom. The standard InChI is InChI=1S/C26H34N6O2.C24H35N5O2.C21H31N5O/c1-17-4-7-23-22(12-17)25(30-31(23)3)28-14-24(33)29-20-15-32(16-20)21-8-10-26(34,11-9-21)19-6-5-18(2)27-13-19;1-4-11-31-16-18-6-8-20(9-7-18)29-14-19(15-29)26-23(30)13-25-24-21-12-17(2)5-10-22(21)28(3)27-24;1-14-4-7-17(8-5-14)26-12-16(13-26)23-20(27)11-22-21-18-10-15(2)6-9-19(18)25(3)24-21/h4-7,12-13,20-21,34H,8-11,14-16H2,1-3H3,(H,28,30)(H,29,33);4-5,10,12,18-20H,1,6-9,11,13-16H2,2-3H3,(H,25,27)(H,26,30);6,9-10,14,16-17H,4-5,7-8,11-13H2,1-3H3,(H,22,24)(H,23,27). The molecule has 0 bridgehead atoms. The molecule has 21 nitrogen and oxygen atoms in total. The summed E-state index contributed by atoms with van der Waals surface area (Å²) in [5.74, 6) is 3.91. The number of nitrogens with zero attached hydrogens (tertiary/aromatic N) is 10. The van der Waals surface area contributed by atoms with Gasteiger partial charge in [-0.1, -0.05) is 54.0 Å². The van der Waals surface area contributed by atoms with Gasteiger partial charge in [-0.2, -0.15) is 15.3 Å². The quantitative estimate of drug-likeness (QED) is 0.0282. The smallest absolute Gasteiger partial charge is 0.239 e. The van der Waals surface area contributed by atoms with Gasteiger partial charge in [-0.05, 0) is 159 Å². The van der Waals surface area contributed by atoms with Crippen LogP contribution >= 0.6 is 0 Å². The lowest BCUT2D eigenvalue weighted by Gasteiger charge is -2.48. The van der Waals surface area contributed by atoms with Crippen LogP contribution in [0.4, 0.5) is 17.5 Å². The number of pyridine rings is 1. The van der Waals surface area contributed by atoms with Gasteiger partial charge < -0.3 is 41.7 Å². The largest absolute Gasteiger partial charge is 0.385 e. The highest BCUT2D eigenvalue weighted by Crippen LogP contribution is 2.40. The Hall–Kier alpha value is -7.43. The SMILES string of the molecule is C=CCOCC1CCC(N2CC(NC(=O)CNc3nn(C)c4ccc(C)cc34)C2)CC1.Cc1ccc2c(c1)c(NCC(=O)NC1CN(C3CCC(C)CC3)C1)nn2C.Cc1ccc2c(c1)c(NCC(=O)NC1CN(C3CCC(O)(c4ccc(C)nc4)CC3)C1)nn2C. The number of anilines is 3. The summed E-state index contributed by atoms with van der Waals surface area (Å²) in [6, 6.07) is 25.3. The number of fused-ring (bicyclic) bond motifs is 3. The van der Waals surface area contributed by atoms with E-state index in [9.17, 15) is 19.5 Å². The van der Waals surface area contributed by atoms with Crippen LogP contribution in [0.3, 0.4) is 0 Å². The highest BCUT2D eigenvalue weighted by Gasteiger charge is 2.41. The number of aryl methyl sites for hydroxylation is 7. The number of aliphatic hydroxyl groups is 1. The molecule has 3 aliphatic carbocycles. The van der Waals surface area contributed by atoms with Crippen LogP contribution in [0, 0.1) is 39.5 Å². The predicted molar refractivity (Wildman–Crippen MR) is 366 cm³/mol. The minimum Gasteiger partial charge on any atom is -0.385 e. The first kappa shape index (κ1) is 66.0. The molecule has 3 saturated carbocycles. The number of rotatable bonds is 20. The third-order valence-electron chi connectivity index (χ3n) is 20.3. The fourth-order valence-corrected chi connectivity index (χ4v) is 14.6. The number of carbonyl (C=O) groups excluding carboxylic acids is 3. The van der Waals surface area contributed by atoms with Crippen molar-refractivity contribution < 1.29 is 24.2 Å². The summed E-state index contributed by atoms with van der Waals surface area (Å²) in [5.41, 5.74) is 7.83. The predicted octanol–water partition coefficient (Wildman–Crippen LogP) is 8.16. The van der Waals surface area contributed by atoms with Gasteiger partial charge in [-0.25, -0.2) is 0 Å². The monoisotopic (exact) mass is 1260 g/mol. The van der Waals surface area contributed by atoms with Crippen molar-refractivity contribution in [3.63, 3.8) is 0 Å². The highest BCUT2D eigenvalue weighted by atomic mass is 16.5. The first-order chi connectivity index (χ1) is 44.3. The Balaban J connectivity index is 0.000000142. The lowest BCUT2D eigenvalue weighted by molar-refractivity contribution is -0.122. The minimum absolute atomic E-state index is 0.0130. The van der Waals surface area contributed by atoms with E-state index in [0.29, 0.717) is 30.7 Å². The van der Waals surface area contributed by atoms with E-state index in [2.05, 4.69) is 156 Å². The maximum atomic E-state index is 12.5. The second kappa shape index (κ2) is 29.7. The maximum absolute atomic E-state index is 12.5. The van der Waals surface area contributed by atoms with Gasteiger partial charge in [0.2, 0.25) is 17.7 Å². The summed E-state index contributed by atoms with van der Waals surface area (Å²) < 4.78 is 11.1. The fourth-order valence-electron chi connectivity index (χ4n) is 14.6.